The zero-order valence-electron chi connectivity index (χ0n) is 13.0. The third-order valence-corrected chi connectivity index (χ3v) is 4.36. The summed E-state index contributed by atoms with van der Waals surface area (Å²) in [5, 5.41) is 5.80. The average Bonchev–Trinajstić information content (AvgIpc) is 3.23. The number of carbonyl (C=O) groups is 1. The third-order valence-electron chi connectivity index (χ3n) is 3.50. The first kappa shape index (κ1) is 15.4. The van der Waals surface area contributed by atoms with Gasteiger partial charge in [0.25, 0.3) is 11.8 Å². The number of hydrogen-bond acceptors (Lipinski definition) is 5. The Morgan fingerprint density at radius 2 is 2.04 bits per heavy atom. The zero-order chi connectivity index (χ0) is 16.2. The van der Waals surface area contributed by atoms with Gasteiger partial charge in [-0.15, -0.1) is 11.3 Å². The van der Waals surface area contributed by atoms with E-state index >= 15 is 0 Å². The molecular weight excluding hydrogens is 310 g/mol. The monoisotopic (exact) mass is 327 g/mol. The van der Waals surface area contributed by atoms with E-state index in [1.165, 1.54) is 4.88 Å². The average molecular weight is 327 g/mol. The molecule has 0 saturated carbocycles. The van der Waals surface area contributed by atoms with Crippen LogP contribution in [0.25, 0.3) is 11.5 Å². The van der Waals surface area contributed by atoms with Crippen molar-refractivity contribution >= 4 is 17.2 Å². The van der Waals surface area contributed by atoms with E-state index in [9.17, 15) is 4.79 Å². The van der Waals surface area contributed by atoms with E-state index in [0.29, 0.717) is 30.4 Å². The second-order valence-electron chi connectivity index (χ2n) is 5.12. The summed E-state index contributed by atoms with van der Waals surface area (Å²) in [5.41, 5.74) is 1.46. The molecule has 2 heterocycles. The lowest BCUT2D eigenvalue weighted by atomic mass is 10.1. The summed E-state index contributed by atoms with van der Waals surface area (Å²) in [6.45, 7) is 5.06. The van der Waals surface area contributed by atoms with Crippen LogP contribution in [0.4, 0.5) is 0 Å². The van der Waals surface area contributed by atoms with E-state index in [1.54, 1.807) is 30.4 Å². The van der Waals surface area contributed by atoms with E-state index in [4.69, 9.17) is 4.52 Å². The molecule has 3 aromatic rings. The topological polar surface area (TPSA) is 59.2 Å². The smallest absolute Gasteiger partial charge is 0.257 e. The third kappa shape index (κ3) is 3.48. The predicted octanol–water partition coefficient (Wildman–Crippen LogP) is 3.77. The fraction of sp³-hybridized carbons (Fsp3) is 0.235. The number of nitrogens with zero attached hydrogens (tertiary/aromatic N) is 3. The van der Waals surface area contributed by atoms with E-state index in [-0.39, 0.29) is 5.91 Å². The number of benzene rings is 1. The number of amides is 1. The van der Waals surface area contributed by atoms with Gasteiger partial charge in [-0.05, 0) is 49.6 Å². The van der Waals surface area contributed by atoms with E-state index < -0.39 is 0 Å². The Balaban J connectivity index is 1.76. The molecule has 0 saturated heterocycles. The molecule has 0 atom stereocenters. The van der Waals surface area contributed by atoms with E-state index in [0.717, 1.165) is 5.56 Å². The van der Waals surface area contributed by atoms with Crippen LogP contribution in [0.2, 0.25) is 0 Å². The summed E-state index contributed by atoms with van der Waals surface area (Å²) >= 11 is 1.66. The summed E-state index contributed by atoms with van der Waals surface area (Å²) in [6.07, 6.45) is 0. The molecule has 0 unspecified atom stereocenters. The Morgan fingerprint density at radius 3 is 2.61 bits per heavy atom. The number of aryl methyl sites for hydroxylation is 1. The fourth-order valence-corrected chi connectivity index (χ4v) is 2.99. The maximum Gasteiger partial charge on any atom is 0.257 e. The highest BCUT2D eigenvalue weighted by molar-refractivity contribution is 7.09. The fourth-order valence-electron chi connectivity index (χ4n) is 2.27. The summed E-state index contributed by atoms with van der Waals surface area (Å²) < 4.78 is 5.13. The van der Waals surface area contributed by atoms with Crippen molar-refractivity contribution < 1.29 is 9.32 Å². The van der Waals surface area contributed by atoms with Crippen molar-refractivity contribution in [1.82, 2.24) is 15.0 Å². The van der Waals surface area contributed by atoms with Crippen LogP contribution in [0, 0.1) is 6.92 Å². The maximum atomic E-state index is 12.6. The van der Waals surface area contributed by atoms with Crippen molar-refractivity contribution in [2.75, 3.05) is 6.54 Å². The number of hydrogen-bond donors (Lipinski definition) is 0. The lowest BCUT2D eigenvalue weighted by Gasteiger charge is -2.20. The number of rotatable bonds is 5. The highest BCUT2D eigenvalue weighted by Gasteiger charge is 2.15. The Kier molecular flexibility index (Phi) is 4.52. The molecule has 0 fully saturated rings. The predicted molar refractivity (Wildman–Crippen MR) is 89.2 cm³/mol. The Morgan fingerprint density at radius 1 is 1.26 bits per heavy atom. The van der Waals surface area contributed by atoms with Gasteiger partial charge in [0.15, 0.2) is 5.82 Å². The molecule has 5 nitrogen and oxygen atoms in total. The van der Waals surface area contributed by atoms with Gasteiger partial charge >= 0.3 is 0 Å². The second-order valence-corrected chi connectivity index (χ2v) is 6.16. The molecular formula is C17H17N3O2S. The zero-order valence-corrected chi connectivity index (χ0v) is 13.8. The Bertz CT molecular complexity index is 779. The molecule has 1 amide bonds. The van der Waals surface area contributed by atoms with Gasteiger partial charge < -0.3 is 9.42 Å². The van der Waals surface area contributed by atoms with E-state index in [2.05, 4.69) is 10.1 Å². The van der Waals surface area contributed by atoms with Crippen molar-refractivity contribution in [3.63, 3.8) is 0 Å². The molecule has 0 spiro atoms. The molecule has 2 aromatic heterocycles. The molecule has 0 aliphatic carbocycles. The van der Waals surface area contributed by atoms with Crippen LogP contribution in [0.15, 0.2) is 46.3 Å². The number of thiophene rings is 1. The van der Waals surface area contributed by atoms with Crippen LogP contribution < -0.4 is 0 Å². The van der Waals surface area contributed by atoms with Crippen LogP contribution in [0.3, 0.4) is 0 Å². The number of carbonyl (C=O) groups excluding carboxylic acids is 1. The van der Waals surface area contributed by atoms with E-state index in [1.807, 2.05) is 41.5 Å². The first-order valence-electron chi connectivity index (χ1n) is 7.39. The van der Waals surface area contributed by atoms with Gasteiger partial charge in [-0.25, -0.2) is 0 Å². The van der Waals surface area contributed by atoms with Gasteiger partial charge in [-0.2, -0.15) is 4.98 Å². The minimum Gasteiger partial charge on any atom is -0.334 e. The molecule has 0 aliphatic rings. The molecule has 23 heavy (non-hydrogen) atoms. The quantitative estimate of drug-likeness (QED) is 0.716. The molecule has 0 bridgehead atoms. The SMILES string of the molecule is CCN(Cc1cccs1)C(=O)c1ccc(-c2nc(C)no2)cc1. The van der Waals surface area contributed by atoms with Gasteiger partial charge in [0.2, 0.25) is 0 Å². The highest BCUT2D eigenvalue weighted by atomic mass is 32.1. The molecule has 1 aromatic carbocycles. The highest BCUT2D eigenvalue weighted by Crippen LogP contribution is 2.19. The first-order valence-corrected chi connectivity index (χ1v) is 8.27. The van der Waals surface area contributed by atoms with Crippen LogP contribution in [0.1, 0.15) is 28.0 Å². The minimum absolute atomic E-state index is 0.0224. The summed E-state index contributed by atoms with van der Waals surface area (Å²) in [5.74, 6) is 1.08. The Hall–Kier alpha value is -2.47. The molecule has 3 rings (SSSR count). The van der Waals surface area contributed by atoms with Crippen LogP contribution >= 0.6 is 11.3 Å². The van der Waals surface area contributed by atoms with Crippen LogP contribution in [0.5, 0.6) is 0 Å². The molecule has 6 heteroatoms. The standard InChI is InChI=1S/C17H17N3O2S/c1-3-20(11-15-5-4-10-23-15)17(21)14-8-6-13(7-9-14)16-18-12(2)19-22-16/h4-10H,3,11H2,1-2H3. The van der Waals surface area contributed by atoms with Crippen LogP contribution in [-0.2, 0) is 6.54 Å². The van der Waals surface area contributed by atoms with Crippen molar-refractivity contribution in [3.8, 4) is 11.5 Å². The lowest BCUT2D eigenvalue weighted by Crippen LogP contribution is -2.29. The molecule has 0 aliphatic heterocycles. The largest absolute Gasteiger partial charge is 0.334 e. The second kappa shape index (κ2) is 6.75. The van der Waals surface area contributed by atoms with Crippen molar-refractivity contribution in [3.05, 3.63) is 58.0 Å². The van der Waals surface area contributed by atoms with Crippen molar-refractivity contribution in [2.45, 2.75) is 20.4 Å². The number of aromatic nitrogens is 2. The minimum atomic E-state index is 0.0224. The van der Waals surface area contributed by atoms with Gasteiger partial charge in [-0.3, -0.25) is 4.79 Å². The first-order chi connectivity index (χ1) is 11.2. The molecule has 118 valence electrons. The summed E-state index contributed by atoms with van der Waals surface area (Å²) in [4.78, 5) is 19.8. The normalized spacial score (nSPS) is 10.7. The molecule has 0 radical (unpaired) electrons. The van der Waals surface area contributed by atoms with Crippen molar-refractivity contribution in [2.24, 2.45) is 0 Å². The Labute approximate surface area is 138 Å². The van der Waals surface area contributed by atoms with Crippen LogP contribution in [-0.4, -0.2) is 27.5 Å². The summed E-state index contributed by atoms with van der Waals surface area (Å²) in [6, 6.07) is 11.3. The van der Waals surface area contributed by atoms with Gasteiger partial charge in [0, 0.05) is 22.5 Å². The van der Waals surface area contributed by atoms with Gasteiger partial charge in [0.05, 0.1) is 6.54 Å². The van der Waals surface area contributed by atoms with Gasteiger partial charge in [0.1, 0.15) is 0 Å². The lowest BCUT2D eigenvalue weighted by molar-refractivity contribution is 0.0754. The molecule has 0 N–H and O–H groups in total. The maximum absolute atomic E-state index is 12.6. The van der Waals surface area contributed by atoms with Gasteiger partial charge in [-0.1, -0.05) is 11.2 Å². The van der Waals surface area contributed by atoms with Crippen molar-refractivity contribution in [1.29, 1.82) is 0 Å². The summed E-state index contributed by atoms with van der Waals surface area (Å²) in [7, 11) is 0.